The minimum Gasteiger partial charge on any atom is -0.493 e. The van der Waals surface area contributed by atoms with E-state index in [1.54, 1.807) is 0 Å². The first kappa shape index (κ1) is 16.0. The third-order valence-corrected chi connectivity index (χ3v) is 3.15. The molecule has 0 heterocycles. The molecule has 19 heavy (non-hydrogen) atoms. The van der Waals surface area contributed by atoms with Crippen LogP contribution < -0.4 is 10.1 Å². The Hall–Kier alpha value is -1.02. The fourth-order valence-electron chi connectivity index (χ4n) is 2.05. The molecular weight excluding hydrogens is 234 g/mol. The van der Waals surface area contributed by atoms with Gasteiger partial charge in [-0.1, -0.05) is 32.0 Å². The highest BCUT2D eigenvalue weighted by atomic mass is 16.5. The number of nitrogens with two attached hydrogens (primary N) is 1. The number of para-hydroxylation sites is 1. The van der Waals surface area contributed by atoms with E-state index < -0.39 is 0 Å². The Morgan fingerprint density at radius 3 is 2.42 bits per heavy atom. The summed E-state index contributed by atoms with van der Waals surface area (Å²) in [5.74, 6) is 1.57. The summed E-state index contributed by atoms with van der Waals surface area (Å²) >= 11 is 0. The largest absolute Gasteiger partial charge is 0.493 e. The molecule has 0 aliphatic rings. The summed E-state index contributed by atoms with van der Waals surface area (Å²) in [6, 6.07) is 8.37. The van der Waals surface area contributed by atoms with Crippen LogP contribution in [-0.4, -0.2) is 18.7 Å². The second kappa shape index (κ2) is 7.54. The van der Waals surface area contributed by atoms with Crippen LogP contribution in [0.2, 0.25) is 0 Å². The third-order valence-electron chi connectivity index (χ3n) is 3.15. The molecule has 1 rings (SSSR count). The van der Waals surface area contributed by atoms with Crippen molar-refractivity contribution in [2.75, 3.05) is 13.2 Å². The Kier molecular flexibility index (Phi) is 6.36. The van der Waals surface area contributed by atoms with Crippen molar-refractivity contribution in [2.45, 2.75) is 58.9 Å². The summed E-state index contributed by atoms with van der Waals surface area (Å²) in [5.41, 5.74) is 1.65. The van der Waals surface area contributed by atoms with Gasteiger partial charge in [0.05, 0.1) is 18.7 Å². The van der Waals surface area contributed by atoms with Gasteiger partial charge in [0.2, 0.25) is 0 Å². The van der Waals surface area contributed by atoms with Crippen molar-refractivity contribution in [2.24, 2.45) is 0 Å². The highest BCUT2D eigenvalue weighted by molar-refractivity contribution is 5.35. The van der Waals surface area contributed by atoms with Crippen LogP contribution >= 0.6 is 0 Å². The van der Waals surface area contributed by atoms with E-state index in [0.717, 1.165) is 18.8 Å². The van der Waals surface area contributed by atoms with Crippen molar-refractivity contribution in [1.82, 2.24) is 0 Å². The molecule has 0 aromatic heterocycles. The van der Waals surface area contributed by atoms with Crippen LogP contribution in [0.3, 0.4) is 0 Å². The van der Waals surface area contributed by atoms with Gasteiger partial charge in [-0.2, -0.15) is 0 Å². The molecule has 0 aliphatic carbocycles. The lowest BCUT2D eigenvalue weighted by Gasteiger charge is -2.17. The second-order valence-electron chi connectivity index (χ2n) is 6.61. The first-order valence-corrected chi connectivity index (χ1v) is 7.46. The zero-order valence-corrected chi connectivity index (χ0v) is 13.2. The zero-order chi connectivity index (χ0) is 14.3. The van der Waals surface area contributed by atoms with E-state index in [-0.39, 0.29) is 0 Å². The topological polar surface area (TPSA) is 25.8 Å². The molecule has 2 N–H and O–H groups in total. The van der Waals surface area contributed by atoms with Gasteiger partial charge in [-0.15, -0.1) is 0 Å². The van der Waals surface area contributed by atoms with Crippen LogP contribution in [0.4, 0.5) is 0 Å². The zero-order valence-electron chi connectivity index (χ0n) is 13.2. The van der Waals surface area contributed by atoms with Gasteiger partial charge < -0.3 is 10.1 Å². The Bertz CT molecular complexity index is 366. The monoisotopic (exact) mass is 264 g/mol. The van der Waals surface area contributed by atoms with Gasteiger partial charge >= 0.3 is 0 Å². The number of rotatable bonds is 7. The van der Waals surface area contributed by atoms with Crippen LogP contribution in [0, 0.1) is 0 Å². The molecule has 0 unspecified atom stereocenters. The molecule has 108 valence electrons. The molecule has 1 aromatic carbocycles. The molecule has 0 saturated heterocycles. The maximum Gasteiger partial charge on any atom is 0.122 e. The van der Waals surface area contributed by atoms with Crippen molar-refractivity contribution in [3.05, 3.63) is 29.8 Å². The van der Waals surface area contributed by atoms with Crippen molar-refractivity contribution >= 4 is 0 Å². The van der Waals surface area contributed by atoms with E-state index in [1.807, 2.05) is 0 Å². The molecule has 0 amide bonds. The first-order valence-electron chi connectivity index (χ1n) is 7.46. The van der Waals surface area contributed by atoms with E-state index in [4.69, 9.17) is 4.74 Å². The van der Waals surface area contributed by atoms with Gasteiger partial charge in [0.25, 0.3) is 0 Å². The molecule has 1 aromatic rings. The molecule has 0 bridgehead atoms. The van der Waals surface area contributed by atoms with Crippen molar-refractivity contribution in [3.63, 3.8) is 0 Å². The standard InChI is InChI=1S/C17H29NO/c1-14(2)15-10-6-7-11-16(15)19-13-9-8-12-18-17(3,4)5/h6-7,10-11,14,18H,8-9,12-13H2,1-5H3/p+1. The summed E-state index contributed by atoms with van der Waals surface area (Å²) < 4.78 is 5.92. The van der Waals surface area contributed by atoms with Gasteiger partial charge in [0.15, 0.2) is 0 Å². The van der Waals surface area contributed by atoms with Crippen LogP contribution in [0.15, 0.2) is 24.3 Å². The molecule has 0 fully saturated rings. The van der Waals surface area contributed by atoms with Crippen LogP contribution in [-0.2, 0) is 0 Å². The van der Waals surface area contributed by atoms with E-state index >= 15 is 0 Å². The van der Waals surface area contributed by atoms with E-state index in [9.17, 15) is 0 Å². The average Bonchev–Trinajstić information content (AvgIpc) is 2.32. The maximum absolute atomic E-state index is 5.92. The second-order valence-corrected chi connectivity index (χ2v) is 6.61. The Morgan fingerprint density at radius 1 is 1.11 bits per heavy atom. The summed E-state index contributed by atoms with van der Waals surface area (Å²) in [4.78, 5) is 0. The van der Waals surface area contributed by atoms with Gasteiger partial charge in [-0.3, -0.25) is 0 Å². The summed E-state index contributed by atoms with van der Waals surface area (Å²) in [6.45, 7) is 13.2. The molecular formula is C17H30NO+. The lowest BCUT2D eigenvalue weighted by molar-refractivity contribution is -0.717. The number of quaternary nitrogens is 1. The number of hydrogen-bond acceptors (Lipinski definition) is 1. The minimum absolute atomic E-state index is 0.338. The van der Waals surface area contributed by atoms with Gasteiger partial charge in [0.1, 0.15) is 5.75 Å². The van der Waals surface area contributed by atoms with Crippen molar-refractivity contribution in [1.29, 1.82) is 0 Å². The molecule has 2 nitrogen and oxygen atoms in total. The smallest absolute Gasteiger partial charge is 0.122 e. The van der Waals surface area contributed by atoms with E-state index in [2.05, 4.69) is 64.2 Å². The van der Waals surface area contributed by atoms with Gasteiger partial charge in [0, 0.05) is 0 Å². The molecule has 0 saturated carbocycles. The van der Waals surface area contributed by atoms with Crippen LogP contribution in [0.1, 0.15) is 58.9 Å². The predicted octanol–water partition coefficient (Wildman–Crippen LogP) is 3.33. The molecule has 2 heteroatoms. The van der Waals surface area contributed by atoms with E-state index in [0.29, 0.717) is 11.5 Å². The van der Waals surface area contributed by atoms with Crippen molar-refractivity contribution in [3.8, 4) is 5.75 Å². The molecule has 0 aliphatic heterocycles. The number of hydrogen-bond donors (Lipinski definition) is 1. The number of unbranched alkanes of at least 4 members (excludes halogenated alkanes) is 1. The molecule has 0 spiro atoms. The Labute approximate surface area is 118 Å². The third kappa shape index (κ3) is 6.63. The highest BCUT2D eigenvalue weighted by Crippen LogP contribution is 2.25. The summed E-state index contributed by atoms with van der Waals surface area (Å²) in [7, 11) is 0. The van der Waals surface area contributed by atoms with Crippen LogP contribution in [0.25, 0.3) is 0 Å². The summed E-state index contributed by atoms with van der Waals surface area (Å²) in [6.07, 6.45) is 2.33. The van der Waals surface area contributed by atoms with Crippen LogP contribution in [0.5, 0.6) is 5.75 Å². The van der Waals surface area contributed by atoms with Crippen molar-refractivity contribution < 1.29 is 10.1 Å². The Balaban J connectivity index is 2.26. The first-order chi connectivity index (χ1) is 8.90. The fraction of sp³-hybridized carbons (Fsp3) is 0.647. The average molecular weight is 264 g/mol. The lowest BCUT2D eigenvalue weighted by atomic mass is 10.0. The minimum atomic E-state index is 0.338. The molecule has 0 radical (unpaired) electrons. The maximum atomic E-state index is 5.92. The highest BCUT2D eigenvalue weighted by Gasteiger charge is 2.11. The summed E-state index contributed by atoms with van der Waals surface area (Å²) in [5, 5.41) is 2.40. The SMILES string of the molecule is CC(C)c1ccccc1OCCCC[NH2+]C(C)(C)C. The normalized spacial score (nSPS) is 11.9. The van der Waals surface area contributed by atoms with Gasteiger partial charge in [-0.05, 0) is 51.2 Å². The molecule has 0 atom stereocenters. The Morgan fingerprint density at radius 2 is 1.79 bits per heavy atom. The fourth-order valence-corrected chi connectivity index (χ4v) is 2.05. The predicted molar refractivity (Wildman–Crippen MR) is 81.8 cm³/mol. The lowest BCUT2D eigenvalue weighted by Crippen LogP contribution is -2.94. The van der Waals surface area contributed by atoms with E-state index in [1.165, 1.54) is 18.5 Å². The van der Waals surface area contributed by atoms with Gasteiger partial charge in [-0.25, -0.2) is 0 Å². The number of ether oxygens (including phenoxy) is 1. The number of benzene rings is 1. The quantitative estimate of drug-likeness (QED) is 0.751.